The van der Waals surface area contributed by atoms with Gasteiger partial charge in [0, 0.05) is 5.41 Å². The number of aliphatic carboxylic acids is 1. The molecule has 2 bridgehead atoms. The smallest absolute Gasteiger partial charge is 0.306 e. The van der Waals surface area contributed by atoms with Crippen LogP contribution in [0, 0.1) is 56.2 Å². The molecule has 1 saturated heterocycles. The van der Waals surface area contributed by atoms with Gasteiger partial charge < -0.3 is 14.6 Å². The molecule has 10 atom stereocenters. The number of ether oxygens (including phenoxy) is 2. The van der Waals surface area contributed by atoms with Crippen molar-refractivity contribution >= 4 is 11.9 Å². The maximum Gasteiger partial charge on any atom is 0.306 e. The highest BCUT2D eigenvalue weighted by Gasteiger charge is 2.72. The minimum atomic E-state index is -0.942. The van der Waals surface area contributed by atoms with Crippen LogP contribution in [-0.4, -0.2) is 35.9 Å². The Kier molecular flexibility index (Phi) is 6.26. The van der Waals surface area contributed by atoms with Crippen LogP contribution in [0.5, 0.6) is 0 Å². The summed E-state index contributed by atoms with van der Waals surface area (Å²) in [6, 6.07) is 0. The fourth-order valence-electron chi connectivity index (χ4n) is 12.6. The third-order valence-corrected chi connectivity index (χ3v) is 14.9. The van der Waals surface area contributed by atoms with Crippen LogP contribution < -0.4 is 0 Å². The van der Waals surface area contributed by atoms with Gasteiger partial charge in [0.1, 0.15) is 6.10 Å². The van der Waals surface area contributed by atoms with Crippen molar-refractivity contribution in [3.05, 3.63) is 0 Å². The lowest BCUT2D eigenvalue weighted by Gasteiger charge is -2.73. The van der Waals surface area contributed by atoms with Gasteiger partial charge in [0.25, 0.3) is 0 Å². The molecule has 39 heavy (non-hydrogen) atoms. The highest BCUT2D eigenvalue weighted by Crippen LogP contribution is 2.78. The Morgan fingerprint density at radius 2 is 1.51 bits per heavy atom. The molecular formula is C34H54O5. The number of fused-ring (bicyclic) bond motifs is 5. The van der Waals surface area contributed by atoms with Gasteiger partial charge in [-0.1, -0.05) is 48.5 Å². The summed E-state index contributed by atoms with van der Waals surface area (Å²) in [5, 5.41) is 9.00. The van der Waals surface area contributed by atoms with Crippen LogP contribution in [0.25, 0.3) is 0 Å². The van der Waals surface area contributed by atoms with Gasteiger partial charge in [0.2, 0.25) is 0 Å². The molecule has 0 unspecified atom stereocenters. The lowest BCUT2D eigenvalue weighted by molar-refractivity contribution is -0.254. The minimum Gasteiger partial charge on any atom is -0.481 e. The van der Waals surface area contributed by atoms with Crippen LogP contribution >= 0.6 is 0 Å². The van der Waals surface area contributed by atoms with E-state index in [1.54, 1.807) is 0 Å². The van der Waals surface area contributed by atoms with Gasteiger partial charge in [0.05, 0.1) is 25.6 Å². The number of carboxylic acid groups (broad SMARTS) is 1. The van der Waals surface area contributed by atoms with E-state index in [4.69, 9.17) is 14.6 Å². The number of carbonyl (C=O) groups is 2. The predicted octanol–water partition coefficient (Wildman–Crippen LogP) is 7.65. The van der Waals surface area contributed by atoms with Gasteiger partial charge in [-0.3, -0.25) is 9.59 Å². The van der Waals surface area contributed by atoms with E-state index < -0.39 is 5.97 Å². The highest BCUT2D eigenvalue weighted by molar-refractivity contribution is 5.76. The van der Waals surface area contributed by atoms with Crippen molar-refractivity contribution in [3.8, 4) is 0 Å². The zero-order valence-corrected chi connectivity index (χ0v) is 25.7. The largest absolute Gasteiger partial charge is 0.481 e. The highest BCUT2D eigenvalue weighted by atomic mass is 16.5. The van der Waals surface area contributed by atoms with Crippen LogP contribution in [0.4, 0.5) is 0 Å². The Morgan fingerprint density at radius 1 is 0.795 bits per heavy atom. The lowest BCUT2D eigenvalue weighted by atomic mass is 9.31. The molecule has 0 amide bonds. The fourth-order valence-corrected chi connectivity index (χ4v) is 12.6. The van der Waals surface area contributed by atoms with Gasteiger partial charge in [0.15, 0.2) is 0 Å². The molecule has 5 nitrogen and oxygen atoms in total. The number of hydrogen-bond donors (Lipinski definition) is 1. The van der Waals surface area contributed by atoms with Gasteiger partial charge >= 0.3 is 11.9 Å². The molecule has 0 aromatic carbocycles. The normalized spacial score (nSPS) is 51.1. The second kappa shape index (κ2) is 8.71. The van der Waals surface area contributed by atoms with E-state index in [0.29, 0.717) is 34.2 Å². The average Bonchev–Trinajstić information content (AvgIpc) is 3.19. The summed E-state index contributed by atoms with van der Waals surface area (Å²) in [5.41, 5.74) is 1.52. The molecule has 5 aliphatic carbocycles. The van der Waals surface area contributed by atoms with Crippen LogP contribution in [0.3, 0.4) is 0 Å². The van der Waals surface area contributed by atoms with Gasteiger partial charge in [-0.2, -0.15) is 0 Å². The summed E-state index contributed by atoms with van der Waals surface area (Å²) in [6.07, 6.45) is 12.6. The Labute approximate surface area is 236 Å². The maximum atomic E-state index is 12.5. The second-order valence-corrected chi connectivity index (χ2v) is 17.0. The molecule has 6 aliphatic rings. The molecule has 1 aliphatic heterocycles. The predicted molar refractivity (Wildman–Crippen MR) is 151 cm³/mol. The topological polar surface area (TPSA) is 72.8 Å². The van der Waals surface area contributed by atoms with Crippen molar-refractivity contribution in [1.29, 1.82) is 0 Å². The van der Waals surface area contributed by atoms with E-state index in [0.717, 1.165) is 31.3 Å². The Morgan fingerprint density at radius 3 is 2.23 bits per heavy atom. The third kappa shape index (κ3) is 3.72. The quantitative estimate of drug-likeness (QED) is 0.369. The number of carbonyl (C=O) groups excluding carboxylic acids is 1. The van der Waals surface area contributed by atoms with Gasteiger partial charge in [-0.15, -0.1) is 0 Å². The van der Waals surface area contributed by atoms with Gasteiger partial charge in [-0.25, -0.2) is 0 Å². The molecule has 0 aromatic heterocycles. The molecule has 0 spiro atoms. The number of hydrogen-bond acceptors (Lipinski definition) is 4. The van der Waals surface area contributed by atoms with Crippen molar-refractivity contribution < 1.29 is 24.2 Å². The molecule has 6 fully saturated rings. The fraction of sp³-hybridized carbons (Fsp3) is 0.941. The van der Waals surface area contributed by atoms with Crippen LogP contribution in [0.2, 0.25) is 0 Å². The number of carboxylic acids is 1. The Bertz CT molecular complexity index is 1030. The minimum absolute atomic E-state index is 0.0333. The van der Waals surface area contributed by atoms with E-state index in [1.165, 1.54) is 51.4 Å². The zero-order chi connectivity index (χ0) is 28.2. The van der Waals surface area contributed by atoms with Gasteiger partial charge in [-0.05, 0) is 115 Å². The summed E-state index contributed by atoms with van der Waals surface area (Å²) >= 11 is 0. The third-order valence-electron chi connectivity index (χ3n) is 14.9. The first kappa shape index (κ1) is 28.0. The van der Waals surface area contributed by atoms with E-state index in [1.807, 2.05) is 0 Å². The Hall–Kier alpha value is -1.10. The number of esters is 1. The molecule has 220 valence electrons. The van der Waals surface area contributed by atoms with Crippen molar-refractivity contribution in [2.75, 3.05) is 6.61 Å². The summed E-state index contributed by atoms with van der Waals surface area (Å²) < 4.78 is 12.7. The lowest BCUT2D eigenvalue weighted by Crippen LogP contribution is -2.67. The van der Waals surface area contributed by atoms with Crippen molar-refractivity contribution in [2.24, 2.45) is 56.2 Å². The van der Waals surface area contributed by atoms with E-state index in [9.17, 15) is 9.59 Å². The Balaban J connectivity index is 1.27. The van der Waals surface area contributed by atoms with E-state index in [2.05, 4.69) is 48.5 Å². The molecule has 0 aromatic rings. The first-order valence-corrected chi connectivity index (χ1v) is 16.1. The summed E-state index contributed by atoms with van der Waals surface area (Å²) in [7, 11) is 0. The summed E-state index contributed by atoms with van der Waals surface area (Å²) in [5.74, 6) is 1.40. The first-order valence-electron chi connectivity index (χ1n) is 16.1. The maximum absolute atomic E-state index is 12.5. The first-order chi connectivity index (χ1) is 18.1. The van der Waals surface area contributed by atoms with E-state index >= 15 is 0 Å². The van der Waals surface area contributed by atoms with Crippen LogP contribution in [0.15, 0.2) is 0 Å². The molecule has 1 N–H and O–H groups in total. The molecule has 0 radical (unpaired) electrons. The standard InChI is InChI=1S/C34H54O5/c1-29(2)16-18-34-19-17-32(6)21(27(34)28(29)38-20-34)8-9-23-31(5)14-13-24(39-26(37)11-10-25(35)36)30(3,4)22(31)12-15-33(23,32)7/h21-24,27-28H,8-20H2,1-7H3,(H,35,36)/t21-,22+,23-,24+,27+,28-,31+,32-,33-,34+/m1/s1. The monoisotopic (exact) mass is 542 g/mol. The van der Waals surface area contributed by atoms with Crippen molar-refractivity contribution in [1.82, 2.24) is 0 Å². The number of rotatable bonds is 4. The van der Waals surface area contributed by atoms with Crippen LogP contribution in [0.1, 0.15) is 126 Å². The van der Waals surface area contributed by atoms with Crippen molar-refractivity contribution in [3.63, 3.8) is 0 Å². The molecule has 6 rings (SSSR count). The molecule has 5 heteroatoms. The average molecular weight is 543 g/mol. The summed E-state index contributed by atoms with van der Waals surface area (Å²) in [6.45, 7) is 18.6. The van der Waals surface area contributed by atoms with Crippen molar-refractivity contribution in [2.45, 2.75) is 138 Å². The molecule has 5 saturated carbocycles. The SMILES string of the molecule is CC1(C)CC[C@@]23CC[C@]4(C)[C@H](CC[C@@H]5[C@@]6(C)CC[C@H](OC(=O)CCC(=O)O)C(C)(C)[C@@H]6CC[C@]54C)[C@H]2[C@H]1OC3. The molecule has 1 heterocycles. The van der Waals surface area contributed by atoms with Crippen LogP contribution in [-0.2, 0) is 19.1 Å². The summed E-state index contributed by atoms with van der Waals surface area (Å²) in [4.78, 5) is 23.5. The van der Waals surface area contributed by atoms with E-state index in [-0.39, 0.29) is 41.2 Å². The molecular weight excluding hydrogens is 488 g/mol. The zero-order valence-electron chi connectivity index (χ0n) is 25.7. The second-order valence-electron chi connectivity index (χ2n) is 17.0.